The second-order valence-electron chi connectivity index (χ2n) is 8.97. The summed E-state index contributed by atoms with van der Waals surface area (Å²) in [6.45, 7) is 8.14. The van der Waals surface area contributed by atoms with Gasteiger partial charge in [0.2, 0.25) is 11.8 Å². The third kappa shape index (κ3) is 8.98. The molecule has 1 heterocycles. The van der Waals surface area contributed by atoms with Crippen molar-refractivity contribution in [2.24, 2.45) is 5.92 Å². The van der Waals surface area contributed by atoms with Crippen molar-refractivity contribution < 1.29 is 28.8 Å². The fourth-order valence-corrected chi connectivity index (χ4v) is 3.41. The number of hydrogen-bond donors (Lipinski definition) is 1. The minimum absolute atomic E-state index is 0.0547. The summed E-state index contributed by atoms with van der Waals surface area (Å²) in [5.74, 6) is -0.672. The van der Waals surface area contributed by atoms with Crippen LogP contribution < -0.4 is 9.64 Å². The standard InChI is InChI=1S/C23H29N5O6.C4H10/c1-4-27(23(32)22(31)26(2)14-16-9-10-16)15-20-24-19(25-34-20)13-21(30)28(11-12-29)17-7-5-6-8-18(17)33-3;1-3-4-2/h4-8,16,29H,1,9-15H2,2-3H3;3-4H2,1-2H3. The number of unbranched alkanes of at least 4 members (excludes halogenated alkanes) is 1. The molecule has 0 bridgehead atoms. The Hall–Kier alpha value is -3.73. The first-order chi connectivity index (χ1) is 18.3. The predicted octanol–water partition coefficient (Wildman–Crippen LogP) is 2.79. The number of carbonyl (C=O) groups excluding carboxylic acids is 3. The number of likely N-dealkylation sites (N-methyl/N-ethyl adjacent to an activating group) is 1. The maximum Gasteiger partial charge on any atom is 0.316 e. The lowest BCUT2D eigenvalue weighted by atomic mass is 10.2. The van der Waals surface area contributed by atoms with Crippen LogP contribution in [0.4, 0.5) is 5.69 Å². The molecule has 2 aromatic rings. The third-order valence-electron chi connectivity index (χ3n) is 5.87. The minimum Gasteiger partial charge on any atom is -0.495 e. The summed E-state index contributed by atoms with van der Waals surface area (Å²) in [5.41, 5.74) is 0.505. The zero-order valence-electron chi connectivity index (χ0n) is 22.8. The number of aliphatic hydroxyl groups excluding tert-OH is 1. The molecule has 1 aliphatic rings. The number of rotatable bonds is 12. The van der Waals surface area contributed by atoms with Crippen molar-refractivity contribution in [3.63, 3.8) is 0 Å². The smallest absolute Gasteiger partial charge is 0.316 e. The van der Waals surface area contributed by atoms with Crippen molar-refractivity contribution in [3.05, 3.63) is 48.8 Å². The molecule has 1 aliphatic carbocycles. The van der Waals surface area contributed by atoms with E-state index in [0.717, 1.165) is 17.7 Å². The van der Waals surface area contributed by atoms with E-state index in [4.69, 9.17) is 9.26 Å². The number of hydrogen-bond acceptors (Lipinski definition) is 8. The van der Waals surface area contributed by atoms with Crippen LogP contribution in [0.25, 0.3) is 0 Å². The van der Waals surface area contributed by atoms with Gasteiger partial charge in [-0.05, 0) is 30.9 Å². The molecule has 3 rings (SSSR count). The quantitative estimate of drug-likeness (QED) is 0.416. The van der Waals surface area contributed by atoms with Crippen LogP contribution in [0.1, 0.15) is 51.2 Å². The van der Waals surface area contributed by atoms with E-state index in [0.29, 0.717) is 23.9 Å². The highest BCUT2D eigenvalue weighted by Gasteiger charge is 2.30. The van der Waals surface area contributed by atoms with Gasteiger partial charge in [-0.25, -0.2) is 0 Å². The highest BCUT2D eigenvalue weighted by Crippen LogP contribution is 2.29. The van der Waals surface area contributed by atoms with Gasteiger partial charge in [0.05, 0.1) is 25.8 Å². The largest absolute Gasteiger partial charge is 0.495 e. The number of benzene rings is 1. The molecule has 208 valence electrons. The predicted molar refractivity (Wildman–Crippen MR) is 142 cm³/mol. The normalized spacial score (nSPS) is 12.1. The van der Waals surface area contributed by atoms with Gasteiger partial charge in [0, 0.05) is 26.3 Å². The summed E-state index contributed by atoms with van der Waals surface area (Å²) in [7, 11) is 3.09. The van der Waals surface area contributed by atoms with E-state index in [1.807, 2.05) is 0 Å². The summed E-state index contributed by atoms with van der Waals surface area (Å²) in [4.78, 5) is 46.0. The van der Waals surface area contributed by atoms with Crippen LogP contribution in [0.2, 0.25) is 0 Å². The van der Waals surface area contributed by atoms with Crippen LogP contribution in [0.5, 0.6) is 5.75 Å². The molecule has 0 atom stereocenters. The SMILES string of the molecule is C=CN(Cc1nc(CC(=O)N(CCO)c2ccccc2OC)no1)C(=O)C(=O)N(C)CC1CC1.CCCC. The van der Waals surface area contributed by atoms with Crippen molar-refractivity contribution in [3.8, 4) is 5.75 Å². The van der Waals surface area contributed by atoms with Gasteiger partial charge in [0.1, 0.15) is 12.3 Å². The summed E-state index contributed by atoms with van der Waals surface area (Å²) in [6, 6.07) is 6.95. The highest BCUT2D eigenvalue weighted by atomic mass is 16.5. The number of para-hydroxylation sites is 2. The molecule has 38 heavy (non-hydrogen) atoms. The number of methoxy groups -OCH3 is 1. The van der Waals surface area contributed by atoms with Gasteiger partial charge in [-0.15, -0.1) is 0 Å². The number of amides is 3. The molecular weight excluding hydrogens is 490 g/mol. The molecule has 0 saturated heterocycles. The van der Waals surface area contributed by atoms with Gasteiger partial charge in [0.25, 0.3) is 0 Å². The Morgan fingerprint density at radius 1 is 1.18 bits per heavy atom. The van der Waals surface area contributed by atoms with E-state index < -0.39 is 11.8 Å². The Labute approximate surface area is 224 Å². The molecule has 1 saturated carbocycles. The molecule has 0 unspecified atom stereocenters. The lowest BCUT2D eigenvalue weighted by molar-refractivity contribution is -0.150. The summed E-state index contributed by atoms with van der Waals surface area (Å²) < 4.78 is 10.5. The van der Waals surface area contributed by atoms with Crippen LogP contribution in [0.15, 0.2) is 41.6 Å². The van der Waals surface area contributed by atoms with Crippen molar-refractivity contribution >= 4 is 23.4 Å². The monoisotopic (exact) mass is 529 g/mol. The molecule has 0 spiro atoms. The summed E-state index contributed by atoms with van der Waals surface area (Å²) in [6.07, 6.45) is 5.79. The zero-order chi connectivity index (χ0) is 28.1. The minimum atomic E-state index is -0.751. The van der Waals surface area contributed by atoms with Crippen LogP contribution in [0.3, 0.4) is 0 Å². The number of aliphatic hydroxyl groups is 1. The molecule has 0 aliphatic heterocycles. The Bertz CT molecular complexity index is 1070. The number of carbonyl (C=O) groups is 3. The molecule has 11 heteroatoms. The van der Waals surface area contributed by atoms with Crippen LogP contribution in [-0.4, -0.2) is 76.6 Å². The fraction of sp³-hybridized carbons (Fsp3) is 0.519. The Balaban J connectivity index is 0.00000118. The average Bonchev–Trinajstić information content (AvgIpc) is 3.65. The molecule has 0 radical (unpaired) electrons. The molecule has 3 amide bonds. The number of anilines is 1. The van der Waals surface area contributed by atoms with E-state index in [1.54, 1.807) is 31.3 Å². The van der Waals surface area contributed by atoms with E-state index >= 15 is 0 Å². The molecule has 1 fully saturated rings. The lowest BCUT2D eigenvalue weighted by Crippen LogP contribution is -2.42. The Morgan fingerprint density at radius 2 is 1.87 bits per heavy atom. The van der Waals surface area contributed by atoms with Crippen molar-refractivity contribution in [1.29, 1.82) is 0 Å². The van der Waals surface area contributed by atoms with Crippen LogP contribution in [0, 0.1) is 5.92 Å². The molecular formula is C27H39N5O6. The fourth-order valence-electron chi connectivity index (χ4n) is 3.41. The van der Waals surface area contributed by atoms with Gasteiger partial charge in [0.15, 0.2) is 5.82 Å². The van der Waals surface area contributed by atoms with E-state index in [1.165, 1.54) is 36.0 Å². The van der Waals surface area contributed by atoms with Gasteiger partial charge >= 0.3 is 11.8 Å². The average molecular weight is 530 g/mol. The first-order valence-electron chi connectivity index (χ1n) is 12.8. The van der Waals surface area contributed by atoms with Crippen molar-refractivity contribution in [2.75, 3.05) is 38.8 Å². The molecule has 1 N–H and O–H groups in total. The second kappa shape index (κ2) is 15.5. The maximum absolute atomic E-state index is 12.9. The third-order valence-corrected chi connectivity index (χ3v) is 5.87. The first-order valence-corrected chi connectivity index (χ1v) is 12.8. The van der Waals surface area contributed by atoms with Gasteiger partial charge < -0.3 is 29.1 Å². The molecule has 11 nitrogen and oxygen atoms in total. The molecule has 1 aromatic carbocycles. The van der Waals surface area contributed by atoms with Gasteiger partial charge in [-0.3, -0.25) is 14.4 Å². The second-order valence-corrected chi connectivity index (χ2v) is 8.97. The van der Waals surface area contributed by atoms with Gasteiger partial charge in [-0.1, -0.05) is 50.6 Å². The van der Waals surface area contributed by atoms with E-state index in [-0.39, 0.29) is 43.7 Å². The van der Waals surface area contributed by atoms with Crippen molar-refractivity contribution in [1.82, 2.24) is 19.9 Å². The molecule has 1 aromatic heterocycles. The van der Waals surface area contributed by atoms with Gasteiger partial charge in [-0.2, -0.15) is 4.98 Å². The number of aromatic nitrogens is 2. The Kier molecular flexibility index (Phi) is 12.4. The number of ether oxygens (including phenoxy) is 1. The summed E-state index contributed by atoms with van der Waals surface area (Å²) >= 11 is 0. The Morgan fingerprint density at radius 3 is 2.45 bits per heavy atom. The van der Waals surface area contributed by atoms with E-state index in [2.05, 4.69) is 30.6 Å². The number of nitrogens with zero attached hydrogens (tertiary/aromatic N) is 5. The topological polar surface area (TPSA) is 129 Å². The maximum atomic E-state index is 12.9. The summed E-state index contributed by atoms with van der Waals surface area (Å²) in [5, 5.41) is 13.2. The highest BCUT2D eigenvalue weighted by molar-refractivity contribution is 6.35. The first kappa shape index (κ1) is 30.5. The van der Waals surface area contributed by atoms with Crippen LogP contribution >= 0.6 is 0 Å². The van der Waals surface area contributed by atoms with Crippen LogP contribution in [-0.2, 0) is 27.3 Å². The van der Waals surface area contributed by atoms with Crippen molar-refractivity contribution in [2.45, 2.75) is 52.5 Å². The van der Waals surface area contributed by atoms with E-state index in [9.17, 15) is 19.5 Å². The lowest BCUT2D eigenvalue weighted by Gasteiger charge is -2.23. The zero-order valence-corrected chi connectivity index (χ0v) is 22.8.